The van der Waals surface area contributed by atoms with Crippen molar-refractivity contribution in [1.82, 2.24) is 4.90 Å². The smallest absolute Gasteiger partial charge is 0.224 e. The fourth-order valence-electron chi connectivity index (χ4n) is 1.98. The predicted octanol–water partition coefficient (Wildman–Crippen LogP) is 2.12. The summed E-state index contributed by atoms with van der Waals surface area (Å²) in [6.07, 6.45) is 0.556. The van der Waals surface area contributed by atoms with Crippen LogP contribution in [0, 0.1) is 0 Å². The molecule has 1 heterocycles. The van der Waals surface area contributed by atoms with Gasteiger partial charge in [-0.05, 0) is 24.6 Å². The van der Waals surface area contributed by atoms with E-state index in [9.17, 15) is 4.79 Å². The maximum atomic E-state index is 11.6. The van der Waals surface area contributed by atoms with E-state index < -0.39 is 0 Å². The topological polar surface area (TPSA) is 29.5 Å². The van der Waals surface area contributed by atoms with Crippen LogP contribution in [0.2, 0.25) is 0 Å². The van der Waals surface area contributed by atoms with Gasteiger partial charge in [0.1, 0.15) is 5.75 Å². The first kappa shape index (κ1) is 12.3. The molecule has 1 fully saturated rings. The summed E-state index contributed by atoms with van der Waals surface area (Å²) >= 11 is 4.34. The number of carbonyl (C=O) groups excluding carboxylic acids is 1. The van der Waals surface area contributed by atoms with E-state index in [4.69, 9.17) is 4.74 Å². The molecule has 0 radical (unpaired) electrons. The first-order valence-corrected chi connectivity index (χ1v) is 6.38. The van der Waals surface area contributed by atoms with Crippen molar-refractivity contribution in [2.75, 3.05) is 13.2 Å². The first-order chi connectivity index (χ1) is 8.19. The average molecular weight is 251 g/mol. The maximum absolute atomic E-state index is 11.6. The van der Waals surface area contributed by atoms with Crippen LogP contribution in [0.25, 0.3) is 0 Å². The molecule has 1 aromatic carbocycles. The van der Waals surface area contributed by atoms with Gasteiger partial charge in [-0.2, -0.15) is 12.6 Å². The van der Waals surface area contributed by atoms with E-state index in [-0.39, 0.29) is 11.2 Å². The molecule has 1 atom stereocenters. The minimum absolute atomic E-state index is 0.185. The van der Waals surface area contributed by atoms with Gasteiger partial charge in [-0.3, -0.25) is 4.79 Å². The van der Waals surface area contributed by atoms with Gasteiger partial charge in [0.25, 0.3) is 0 Å². The molecule has 92 valence electrons. The summed E-state index contributed by atoms with van der Waals surface area (Å²) < 4.78 is 5.38. The van der Waals surface area contributed by atoms with Crippen LogP contribution in [0.5, 0.6) is 5.75 Å². The highest BCUT2D eigenvalue weighted by atomic mass is 32.1. The van der Waals surface area contributed by atoms with Crippen LogP contribution < -0.4 is 4.74 Å². The fraction of sp³-hybridized carbons (Fsp3) is 0.462. The molecule has 17 heavy (non-hydrogen) atoms. The highest BCUT2D eigenvalue weighted by Crippen LogP contribution is 2.20. The van der Waals surface area contributed by atoms with Crippen molar-refractivity contribution in [2.24, 2.45) is 0 Å². The molecule has 1 saturated heterocycles. The van der Waals surface area contributed by atoms with Crippen LogP contribution in [0.15, 0.2) is 24.3 Å². The second-order valence-corrected chi connectivity index (χ2v) is 4.94. The van der Waals surface area contributed by atoms with Gasteiger partial charge < -0.3 is 9.64 Å². The number of carbonyl (C=O) groups is 1. The van der Waals surface area contributed by atoms with E-state index in [0.717, 1.165) is 17.9 Å². The molecular formula is C13H17NO2S. The zero-order chi connectivity index (χ0) is 12.3. The lowest BCUT2D eigenvalue weighted by molar-refractivity contribution is -0.128. The van der Waals surface area contributed by atoms with Crippen LogP contribution in [-0.2, 0) is 11.3 Å². The molecule has 1 aliphatic heterocycles. The monoisotopic (exact) mass is 251 g/mol. The molecule has 1 amide bonds. The van der Waals surface area contributed by atoms with Gasteiger partial charge in [0.2, 0.25) is 5.91 Å². The molecule has 1 aromatic rings. The van der Waals surface area contributed by atoms with Gasteiger partial charge in [0, 0.05) is 24.8 Å². The van der Waals surface area contributed by atoms with Crippen molar-refractivity contribution in [3.8, 4) is 5.75 Å². The minimum Gasteiger partial charge on any atom is -0.494 e. The highest BCUT2D eigenvalue weighted by Gasteiger charge is 2.26. The molecule has 0 N–H and O–H groups in total. The predicted molar refractivity (Wildman–Crippen MR) is 70.4 cm³/mol. The van der Waals surface area contributed by atoms with Crippen molar-refractivity contribution in [3.63, 3.8) is 0 Å². The summed E-state index contributed by atoms with van der Waals surface area (Å²) in [5.41, 5.74) is 1.13. The Labute approximate surface area is 107 Å². The Morgan fingerprint density at radius 2 is 2.12 bits per heavy atom. The van der Waals surface area contributed by atoms with Crippen LogP contribution in [-0.4, -0.2) is 29.2 Å². The van der Waals surface area contributed by atoms with Gasteiger partial charge in [-0.1, -0.05) is 12.1 Å². The summed E-state index contributed by atoms with van der Waals surface area (Å²) in [6, 6.07) is 7.89. The van der Waals surface area contributed by atoms with E-state index in [0.29, 0.717) is 19.6 Å². The van der Waals surface area contributed by atoms with Gasteiger partial charge in [-0.25, -0.2) is 0 Å². The number of ether oxygens (including phenoxy) is 1. The largest absolute Gasteiger partial charge is 0.494 e. The third kappa shape index (κ3) is 3.16. The number of thiol groups is 1. The summed E-state index contributed by atoms with van der Waals surface area (Å²) in [5, 5.41) is 0.185. The van der Waals surface area contributed by atoms with Crippen molar-refractivity contribution >= 4 is 18.5 Å². The first-order valence-electron chi connectivity index (χ1n) is 5.86. The lowest BCUT2D eigenvalue weighted by Crippen LogP contribution is -2.24. The minimum atomic E-state index is 0.185. The van der Waals surface area contributed by atoms with Crippen molar-refractivity contribution in [3.05, 3.63) is 29.8 Å². The van der Waals surface area contributed by atoms with Crippen LogP contribution in [0.3, 0.4) is 0 Å². The number of hydrogen-bond acceptors (Lipinski definition) is 3. The third-order valence-corrected chi connectivity index (χ3v) is 3.15. The van der Waals surface area contributed by atoms with Crippen molar-refractivity contribution in [1.29, 1.82) is 0 Å². The second kappa shape index (κ2) is 5.45. The molecule has 0 bridgehead atoms. The van der Waals surface area contributed by atoms with Gasteiger partial charge in [0.05, 0.1) is 6.61 Å². The third-order valence-electron chi connectivity index (χ3n) is 2.80. The number of rotatable bonds is 4. The SMILES string of the molecule is CCOc1ccc(CN2CC(S)CC2=O)cc1. The van der Waals surface area contributed by atoms with E-state index >= 15 is 0 Å². The fourth-order valence-corrected chi connectivity index (χ4v) is 2.34. The zero-order valence-electron chi connectivity index (χ0n) is 9.93. The van der Waals surface area contributed by atoms with Gasteiger partial charge in [-0.15, -0.1) is 0 Å². The molecule has 0 aliphatic carbocycles. The van der Waals surface area contributed by atoms with E-state index in [1.54, 1.807) is 0 Å². The summed E-state index contributed by atoms with van der Waals surface area (Å²) in [7, 11) is 0. The van der Waals surface area contributed by atoms with Crippen LogP contribution >= 0.6 is 12.6 Å². The van der Waals surface area contributed by atoms with Gasteiger partial charge in [0.15, 0.2) is 0 Å². The number of nitrogens with zero attached hydrogens (tertiary/aromatic N) is 1. The van der Waals surface area contributed by atoms with Crippen LogP contribution in [0.4, 0.5) is 0 Å². The van der Waals surface area contributed by atoms with Crippen molar-refractivity contribution in [2.45, 2.75) is 25.1 Å². The summed E-state index contributed by atoms with van der Waals surface area (Å²) in [4.78, 5) is 13.5. The lowest BCUT2D eigenvalue weighted by Gasteiger charge is -2.16. The standard InChI is InChI=1S/C13H17NO2S/c1-2-16-11-5-3-10(4-6-11)8-14-9-12(17)7-13(14)15/h3-6,12,17H,2,7-9H2,1H3. The Bertz CT molecular complexity index is 391. The molecule has 1 aliphatic rings. The molecule has 3 nitrogen and oxygen atoms in total. The van der Waals surface area contributed by atoms with Crippen LogP contribution in [0.1, 0.15) is 18.9 Å². The quantitative estimate of drug-likeness (QED) is 0.831. The highest BCUT2D eigenvalue weighted by molar-refractivity contribution is 7.81. The molecule has 0 saturated carbocycles. The molecule has 1 unspecified atom stereocenters. The molecule has 2 rings (SSSR count). The Morgan fingerprint density at radius 1 is 1.41 bits per heavy atom. The summed E-state index contributed by atoms with van der Waals surface area (Å²) in [5.74, 6) is 1.06. The lowest BCUT2D eigenvalue weighted by atomic mass is 10.2. The van der Waals surface area contributed by atoms with E-state index in [2.05, 4.69) is 12.6 Å². The molecule has 0 aromatic heterocycles. The zero-order valence-corrected chi connectivity index (χ0v) is 10.8. The summed E-state index contributed by atoms with van der Waals surface area (Å²) in [6.45, 7) is 4.05. The molecule has 4 heteroatoms. The van der Waals surface area contributed by atoms with Gasteiger partial charge >= 0.3 is 0 Å². The van der Waals surface area contributed by atoms with Crippen molar-refractivity contribution < 1.29 is 9.53 Å². The number of benzene rings is 1. The molecule has 0 spiro atoms. The number of likely N-dealkylation sites (tertiary alicyclic amines) is 1. The molecular weight excluding hydrogens is 234 g/mol. The normalized spacial score (nSPS) is 19.8. The average Bonchev–Trinajstić information content (AvgIpc) is 2.61. The Balaban J connectivity index is 1.97. The second-order valence-electron chi connectivity index (χ2n) is 4.21. The van der Waals surface area contributed by atoms with E-state index in [1.165, 1.54) is 0 Å². The number of hydrogen-bond donors (Lipinski definition) is 1. The Kier molecular flexibility index (Phi) is 3.94. The maximum Gasteiger partial charge on any atom is 0.224 e. The number of amides is 1. The Hall–Kier alpha value is -1.16. The van der Waals surface area contributed by atoms with E-state index in [1.807, 2.05) is 36.1 Å². The Morgan fingerprint density at radius 3 is 2.65 bits per heavy atom.